The molecule has 0 atom stereocenters. The molecule has 0 radical (unpaired) electrons. The number of aromatic nitrogens is 1. The van der Waals surface area contributed by atoms with Crippen LogP contribution in [0.3, 0.4) is 0 Å². The second-order valence-corrected chi connectivity index (χ2v) is 5.48. The van der Waals surface area contributed by atoms with Gasteiger partial charge in [0.15, 0.2) is 0 Å². The number of likely N-dealkylation sites (tertiary alicyclic amines) is 1. The van der Waals surface area contributed by atoms with Gasteiger partial charge in [0.05, 0.1) is 0 Å². The molecule has 1 saturated heterocycles. The molecule has 4 nitrogen and oxygen atoms in total. The van der Waals surface area contributed by atoms with E-state index in [9.17, 15) is 9.90 Å². The van der Waals surface area contributed by atoms with Gasteiger partial charge in [-0.3, -0.25) is 9.78 Å². The number of phenols is 1. The minimum Gasteiger partial charge on any atom is -0.508 e. The van der Waals surface area contributed by atoms with Crippen molar-refractivity contribution < 1.29 is 9.90 Å². The van der Waals surface area contributed by atoms with Gasteiger partial charge in [0.1, 0.15) is 11.4 Å². The van der Waals surface area contributed by atoms with Gasteiger partial charge in [-0.25, -0.2) is 0 Å². The van der Waals surface area contributed by atoms with Gasteiger partial charge in [0.25, 0.3) is 5.91 Å². The van der Waals surface area contributed by atoms with Gasteiger partial charge in [-0.1, -0.05) is 25.1 Å². The van der Waals surface area contributed by atoms with Crippen LogP contribution in [0.2, 0.25) is 0 Å². The van der Waals surface area contributed by atoms with E-state index in [2.05, 4.69) is 11.9 Å². The number of rotatable bonds is 2. The van der Waals surface area contributed by atoms with E-state index in [0.717, 1.165) is 5.56 Å². The molecule has 1 fully saturated rings. The van der Waals surface area contributed by atoms with Crippen molar-refractivity contribution in [2.75, 3.05) is 13.1 Å². The summed E-state index contributed by atoms with van der Waals surface area (Å²) in [6.07, 6.45) is 1.63. The highest BCUT2D eigenvalue weighted by Crippen LogP contribution is 2.35. The Balaban J connectivity index is 1.71. The Hall–Kier alpha value is -2.36. The average molecular weight is 268 g/mol. The van der Waals surface area contributed by atoms with E-state index in [0.29, 0.717) is 18.8 Å². The van der Waals surface area contributed by atoms with E-state index in [1.807, 2.05) is 18.2 Å². The number of amides is 1. The molecule has 0 bridgehead atoms. The number of aromatic hydroxyl groups is 1. The fourth-order valence-corrected chi connectivity index (χ4v) is 2.64. The third-order valence-electron chi connectivity index (χ3n) is 3.82. The first kappa shape index (κ1) is 12.7. The molecule has 1 aliphatic rings. The molecule has 1 aromatic heterocycles. The first-order valence-electron chi connectivity index (χ1n) is 6.58. The number of benzene rings is 1. The van der Waals surface area contributed by atoms with E-state index < -0.39 is 0 Å². The number of carbonyl (C=O) groups excluding carboxylic acids is 1. The molecule has 1 aromatic carbocycles. The minimum absolute atomic E-state index is 0.0261. The highest BCUT2D eigenvalue weighted by Gasteiger charge is 2.42. The van der Waals surface area contributed by atoms with Gasteiger partial charge in [-0.2, -0.15) is 0 Å². The van der Waals surface area contributed by atoms with Crippen LogP contribution in [0.4, 0.5) is 0 Å². The Morgan fingerprint density at radius 1 is 1.20 bits per heavy atom. The van der Waals surface area contributed by atoms with Crippen LogP contribution in [-0.4, -0.2) is 34.0 Å². The van der Waals surface area contributed by atoms with Gasteiger partial charge >= 0.3 is 0 Å². The molecule has 0 unspecified atom stereocenters. The Kier molecular flexibility index (Phi) is 2.93. The summed E-state index contributed by atoms with van der Waals surface area (Å²) in [4.78, 5) is 18.1. The van der Waals surface area contributed by atoms with Crippen LogP contribution < -0.4 is 0 Å². The number of phenolic OH excluding ortho intramolecular Hbond substituents is 1. The van der Waals surface area contributed by atoms with Crippen molar-refractivity contribution in [1.82, 2.24) is 9.88 Å². The lowest BCUT2D eigenvalue weighted by atomic mass is 9.75. The second-order valence-electron chi connectivity index (χ2n) is 5.48. The second kappa shape index (κ2) is 4.63. The van der Waals surface area contributed by atoms with Gasteiger partial charge in [0, 0.05) is 24.7 Å². The lowest BCUT2D eigenvalue weighted by Crippen LogP contribution is -2.59. The fourth-order valence-electron chi connectivity index (χ4n) is 2.64. The van der Waals surface area contributed by atoms with E-state index in [1.165, 1.54) is 0 Å². The maximum Gasteiger partial charge on any atom is 0.272 e. The smallest absolute Gasteiger partial charge is 0.272 e. The maximum absolute atomic E-state index is 12.2. The van der Waals surface area contributed by atoms with Crippen LogP contribution in [0.5, 0.6) is 5.75 Å². The number of nitrogens with zero attached hydrogens (tertiary/aromatic N) is 2. The minimum atomic E-state index is -0.0435. The Morgan fingerprint density at radius 2 is 1.90 bits per heavy atom. The molecule has 2 aromatic rings. The van der Waals surface area contributed by atoms with Crippen molar-refractivity contribution in [3.05, 3.63) is 59.9 Å². The van der Waals surface area contributed by atoms with Crippen LogP contribution >= 0.6 is 0 Å². The Labute approximate surface area is 117 Å². The summed E-state index contributed by atoms with van der Waals surface area (Å²) < 4.78 is 0. The summed E-state index contributed by atoms with van der Waals surface area (Å²) in [5.74, 6) is 0.236. The molecule has 3 rings (SSSR count). The van der Waals surface area contributed by atoms with Crippen molar-refractivity contribution >= 4 is 5.91 Å². The normalized spacial score (nSPS) is 16.6. The number of hydrogen-bond acceptors (Lipinski definition) is 3. The summed E-state index contributed by atoms with van der Waals surface area (Å²) in [6.45, 7) is 3.47. The van der Waals surface area contributed by atoms with Gasteiger partial charge in [-0.05, 0) is 29.8 Å². The van der Waals surface area contributed by atoms with Crippen LogP contribution in [0.25, 0.3) is 0 Å². The summed E-state index contributed by atoms with van der Waals surface area (Å²) >= 11 is 0. The van der Waals surface area contributed by atoms with E-state index in [-0.39, 0.29) is 17.1 Å². The largest absolute Gasteiger partial charge is 0.508 e. The van der Waals surface area contributed by atoms with Crippen molar-refractivity contribution in [2.24, 2.45) is 0 Å². The first-order valence-corrected chi connectivity index (χ1v) is 6.58. The Bertz CT molecular complexity index is 617. The third-order valence-corrected chi connectivity index (χ3v) is 3.82. The quantitative estimate of drug-likeness (QED) is 0.908. The van der Waals surface area contributed by atoms with E-state index >= 15 is 0 Å². The molecule has 1 amide bonds. The first-order chi connectivity index (χ1) is 9.58. The van der Waals surface area contributed by atoms with Crippen molar-refractivity contribution in [2.45, 2.75) is 12.3 Å². The topological polar surface area (TPSA) is 53.4 Å². The predicted molar refractivity (Wildman–Crippen MR) is 75.6 cm³/mol. The molecule has 0 spiro atoms. The van der Waals surface area contributed by atoms with E-state index in [1.54, 1.807) is 35.4 Å². The molecule has 2 heterocycles. The molecule has 0 aliphatic carbocycles. The lowest BCUT2D eigenvalue weighted by molar-refractivity contribution is 0.0427. The summed E-state index contributed by atoms with van der Waals surface area (Å²) in [6, 6.07) is 12.6. The van der Waals surface area contributed by atoms with Crippen LogP contribution in [0.15, 0.2) is 48.7 Å². The zero-order valence-corrected chi connectivity index (χ0v) is 11.3. The standard InChI is InChI=1S/C16H16N2O2/c1-16(12-5-7-13(19)8-6-12)10-18(11-16)15(20)14-4-2-3-9-17-14/h2-9,19H,10-11H2,1H3. The molecule has 0 saturated carbocycles. The lowest BCUT2D eigenvalue weighted by Gasteiger charge is -2.48. The van der Waals surface area contributed by atoms with Gasteiger partial charge < -0.3 is 10.0 Å². The maximum atomic E-state index is 12.2. The molecule has 1 N–H and O–H groups in total. The molecule has 4 heteroatoms. The summed E-state index contributed by atoms with van der Waals surface area (Å²) in [5.41, 5.74) is 1.58. The third kappa shape index (κ3) is 2.13. The van der Waals surface area contributed by atoms with Gasteiger partial charge in [-0.15, -0.1) is 0 Å². The van der Waals surface area contributed by atoms with Crippen LogP contribution in [0.1, 0.15) is 23.0 Å². The Morgan fingerprint density at radius 3 is 2.50 bits per heavy atom. The monoisotopic (exact) mass is 268 g/mol. The fraction of sp³-hybridized carbons (Fsp3) is 0.250. The highest BCUT2D eigenvalue weighted by molar-refractivity contribution is 5.93. The van der Waals surface area contributed by atoms with Gasteiger partial charge in [0.2, 0.25) is 0 Å². The van der Waals surface area contributed by atoms with Crippen LogP contribution in [0, 0.1) is 0 Å². The predicted octanol–water partition coefficient (Wildman–Crippen LogP) is 2.20. The molecule has 20 heavy (non-hydrogen) atoms. The number of hydrogen-bond donors (Lipinski definition) is 1. The zero-order valence-electron chi connectivity index (χ0n) is 11.3. The van der Waals surface area contributed by atoms with Crippen molar-refractivity contribution in [3.63, 3.8) is 0 Å². The zero-order chi connectivity index (χ0) is 14.2. The summed E-state index contributed by atoms with van der Waals surface area (Å²) in [5, 5.41) is 9.33. The van der Waals surface area contributed by atoms with Crippen molar-refractivity contribution in [3.8, 4) is 5.75 Å². The van der Waals surface area contributed by atoms with E-state index in [4.69, 9.17) is 0 Å². The SMILES string of the molecule is CC1(c2ccc(O)cc2)CN(C(=O)c2ccccn2)C1. The van der Waals surface area contributed by atoms with Crippen molar-refractivity contribution in [1.29, 1.82) is 0 Å². The molecule has 102 valence electrons. The number of pyridine rings is 1. The average Bonchev–Trinajstić information content (AvgIpc) is 2.45. The molecular formula is C16H16N2O2. The molecule has 1 aliphatic heterocycles. The summed E-state index contributed by atoms with van der Waals surface area (Å²) in [7, 11) is 0. The van der Waals surface area contributed by atoms with Crippen LogP contribution in [-0.2, 0) is 5.41 Å². The highest BCUT2D eigenvalue weighted by atomic mass is 16.3. The number of carbonyl (C=O) groups is 1. The molecular weight excluding hydrogens is 252 g/mol.